The molecule has 0 spiro atoms. The van der Waals surface area contributed by atoms with E-state index in [1.165, 1.54) is 18.2 Å². The van der Waals surface area contributed by atoms with E-state index in [1.54, 1.807) is 0 Å². The normalized spacial score (nSPS) is 11.4. The molecule has 0 aliphatic carbocycles. The third-order valence-electron chi connectivity index (χ3n) is 3.63. The summed E-state index contributed by atoms with van der Waals surface area (Å²) >= 11 is 0. The maximum Gasteiger partial charge on any atom is 0.418 e. The number of amides is 1. The molecule has 0 saturated carbocycles. The van der Waals surface area contributed by atoms with Gasteiger partial charge in [0.2, 0.25) is 11.7 Å². The molecule has 3 aromatic rings. The summed E-state index contributed by atoms with van der Waals surface area (Å²) in [5, 5.41) is 14.0. The highest BCUT2D eigenvalue weighted by atomic mass is 19.4. The van der Waals surface area contributed by atoms with E-state index in [0.717, 1.165) is 22.0 Å². The van der Waals surface area contributed by atoms with Gasteiger partial charge in [0.25, 0.3) is 0 Å². The van der Waals surface area contributed by atoms with E-state index in [0.29, 0.717) is 5.82 Å². The maximum atomic E-state index is 13.0. The number of nitrogens with zero attached hydrogens (tertiary/aromatic N) is 4. The first-order chi connectivity index (χ1) is 12.3. The highest BCUT2D eigenvalue weighted by Gasteiger charge is 2.33. The van der Waals surface area contributed by atoms with Crippen LogP contribution >= 0.6 is 0 Å². The van der Waals surface area contributed by atoms with Gasteiger partial charge in [-0.1, -0.05) is 36.4 Å². The maximum absolute atomic E-state index is 13.0. The standard InChI is InChI=1S/C17H14F3N5O/c1-11-6-2-3-7-12(11)16-22-24-25(23-16)10-15(26)21-14-9-5-4-8-13(14)17(18,19)20/h2-9H,10H2,1H3,(H,21,26). The van der Waals surface area contributed by atoms with Crippen LogP contribution in [0.25, 0.3) is 11.4 Å². The molecule has 0 aliphatic rings. The van der Waals surface area contributed by atoms with Crippen LogP contribution in [-0.2, 0) is 17.5 Å². The van der Waals surface area contributed by atoms with E-state index < -0.39 is 17.6 Å². The minimum atomic E-state index is -4.56. The van der Waals surface area contributed by atoms with Gasteiger partial charge in [0.1, 0.15) is 6.54 Å². The Hall–Kier alpha value is -3.23. The number of aromatic nitrogens is 4. The van der Waals surface area contributed by atoms with E-state index in [2.05, 4.69) is 20.7 Å². The molecule has 134 valence electrons. The van der Waals surface area contributed by atoms with E-state index >= 15 is 0 Å². The van der Waals surface area contributed by atoms with Gasteiger partial charge in [0, 0.05) is 5.56 Å². The predicted molar refractivity (Wildman–Crippen MR) is 88.1 cm³/mol. The summed E-state index contributed by atoms with van der Waals surface area (Å²) in [6, 6.07) is 12.2. The molecule has 9 heteroatoms. The molecular formula is C17H14F3N5O. The van der Waals surface area contributed by atoms with Crippen molar-refractivity contribution in [2.45, 2.75) is 19.6 Å². The summed E-state index contributed by atoms with van der Waals surface area (Å²) in [5.74, 6) is -0.345. The van der Waals surface area contributed by atoms with Crippen molar-refractivity contribution in [2.75, 3.05) is 5.32 Å². The molecule has 2 aromatic carbocycles. The number of alkyl halides is 3. The third-order valence-corrected chi connectivity index (χ3v) is 3.63. The van der Waals surface area contributed by atoms with Crippen molar-refractivity contribution in [1.29, 1.82) is 0 Å². The minimum Gasteiger partial charge on any atom is -0.324 e. The smallest absolute Gasteiger partial charge is 0.324 e. The minimum absolute atomic E-state index is 0.316. The zero-order valence-corrected chi connectivity index (χ0v) is 13.7. The summed E-state index contributed by atoms with van der Waals surface area (Å²) in [5.41, 5.74) is 0.474. The Kier molecular flexibility index (Phi) is 4.70. The van der Waals surface area contributed by atoms with E-state index in [-0.39, 0.29) is 12.2 Å². The van der Waals surface area contributed by atoms with Crippen molar-refractivity contribution in [1.82, 2.24) is 20.2 Å². The summed E-state index contributed by atoms with van der Waals surface area (Å²) < 4.78 is 38.9. The van der Waals surface area contributed by atoms with Gasteiger partial charge < -0.3 is 5.32 Å². The van der Waals surface area contributed by atoms with Gasteiger partial charge in [-0.25, -0.2) is 0 Å². The molecule has 0 fully saturated rings. The number of benzene rings is 2. The van der Waals surface area contributed by atoms with Gasteiger partial charge in [-0.2, -0.15) is 18.0 Å². The number of hydrogen-bond donors (Lipinski definition) is 1. The monoisotopic (exact) mass is 361 g/mol. The molecule has 0 aliphatic heterocycles. The topological polar surface area (TPSA) is 72.7 Å². The molecular weight excluding hydrogens is 347 g/mol. The Morgan fingerprint density at radius 1 is 1.12 bits per heavy atom. The Labute approximate surface area is 146 Å². The number of aryl methyl sites for hydroxylation is 1. The number of tetrazole rings is 1. The lowest BCUT2D eigenvalue weighted by molar-refractivity contribution is -0.137. The number of carbonyl (C=O) groups is 1. The molecule has 3 rings (SSSR count). The number of nitrogens with one attached hydrogen (secondary N) is 1. The zero-order valence-electron chi connectivity index (χ0n) is 13.7. The molecule has 1 N–H and O–H groups in total. The second-order valence-corrected chi connectivity index (χ2v) is 5.55. The molecule has 1 aromatic heterocycles. The number of hydrogen-bond acceptors (Lipinski definition) is 4. The van der Waals surface area contributed by atoms with Crippen molar-refractivity contribution in [3.8, 4) is 11.4 Å². The molecule has 26 heavy (non-hydrogen) atoms. The highest BCUT2D eigenvalue weighted by molar-refractivity contribution is 5.91. The second-order valence-electron chi connectivity index (χ2n) is 5.55. The Morgan fingerprint density at radius 2 is 1.81 bits per heavy atom. The van der Waals surface area contributed by atoms with Crippen LogP contribution in [0.4, 0.5) is 18.9 Å². The van der Waals surface area contributed by atoms with E-state index in [1.807, 2.05) is 31.2 Å². The first-order valence-electron chi connectivity index (χ1n) is 7.64. The van der Waals surface area contributed by atoms with Crippen LogP contribution in [0.5, 0.6) is 0 Å². The molecule has 0 unspecified atom stereocenters. The largest absolute Gasteiger partial charge is 0.418 e. The van der Waals surface area contributed by atoms with Gasteiger partial charge in [-0.15, -0.1) is 10.2 Å². The van der Waals surface area contributed by atoms with Crippen LogP contribution in [0.15, 0.2) is 48.5 Å². The van der Waals surface area contributed by atoms with Gasteiger partial charge >= 0.3 is 6.18 Å². The van der Waals surface area contributed by atoms with Gasteiger partial charge in [0.15, 0.2) is 0 Å². The summed E-state index contributed by atoms with van der Waals surface area (Å²) in [6.45, 7) is 1.53. The molecule has 0 saturated heterocycles. The van der Waals surface area contributed by atoms with Crippen molar-refractivity contribution < 1.29 is 18.0 Å². The van der Waals surface area contributed by atoms with Crippen LogP contribution < -0.4 is 5.32 Å². The lowest BCUT2D eigenvalue weighted by atomic mass is 10.1. The van der Waals surface area contributed by atoms with Crippen LogP contribution in [0.3, 0.4) is 0 Å². The fourth-order valence-corrected chi connectivity index (χ4v) is 2.40. The fourth-order valence-electron chi connectivity index (χ4n) is 2.40. The lowest BCUT2D eigenvalue weighted by Crippen LogP contribution is -2.22. The molecule has 6 nitrogen and oxygen atoms in total. The van der Waals surface area contributed by atoms with Crippen molar-refractivity contribution in [2.24, 2.45) is 0 Å². The van der Waals surface area contributed by atoms with Crippen LogP contribution in [0, 0.1) is 6.92 Å². The molecule has 0 atom stereocenters. The van der Waals surface area contributed by atoms with Crippen LogP contribution in [0.2, 0.25) is 0 Å². The average molecular weight is 361 g/mol. The summed E-state index contributed by atoms with van der Waals surface area (Å²) in [6.07, 6.45) is -4.56. The van der Waals surface area contributed by atoms with Crippen molar-refractivity contribution in [3.63, 3.8) is 0 Å². The SMILES string of the molecule is Cc1ccccc1-c1nnn(CC(=O)Nc2ccccc2C(F)(F)F)n1. The Morgan fingerprint density at radius 3 is 2.54 bits per heavy atom. The van der Waals surface area contributed by atoms with E-state index in [4.69, 9.17) is 0 Å². The molecule has 1 heterocycles. The molecule has 0 bridgehead atoms. The first kappa shape index (κ1) is 17.6. The first-order valence-corrected chi connectivity index (χ1v) is 7.64. The van der Waals surface area contributed by atoms with Crippen molar-refractivity contribution >= 4 is 11.6 Å². The summed E-state index contributed by atoms with van der Waals surface area (Å²) in [7, 11) is 0. The van der Waals surface area contributed by atoms with Crippen LogP contribution in [-0.4, -0.2) is 26.1 Å². The number of rotatable bonds is 4. The number of para-hydroxylation sites is 1. The molecule has 1 amide bonds. The average Bonchev–Trinajstić information content (AvgIpc) is 3.03. The van der Waals surface area contributed by atoms with E-state index in [9.17, 15) is 18.0 Å². The predicted octanol–water partition coefficient (Wildman–Crippen LogP) is 3.31. The third kappa shape index (κ3) is 3.88. The Bertz CT molecular complexity index is 936. The highest BCUT2D eigenvalue weighted by Crippen LogP contribution is 2.34. The zero-order chi connectivity index (χ0) is 18.7. The van der Waals surface area contributed by atoms with Crippen molar-refractivity contribution in [3.05, 3.63) is 59.7 Å². The van der Waals surface area contributed by atoms with Crippen LogP contribution in [0.1, 0.15) is 11.1 Å². The quantitative estimate of drug-likeness (QED) is 0.774. The van der Waals surface area contributed by atoms with Gasteiger partial charge in [-0.05, 0) is 29.8 Å². The van der Waals surface area contributed by atoms with Gasteiger partial charge in [0.05, 0.1) is 11.3 Å². The Balaban J connectivity index is 1.74. The lowest BCUT2D eigenvalue weighted by Gasteiger charge is -2.13. The summed E-state index contributed by atoms with van der Waals surface area (Å²) in [4.78, 5) is 13.1. The number of carbonyl (C=O) groups excluding carboxylic acids is 1. The van der Waals surface area contributed by atoms with Gasteiger partial charge in [-0.3, -0.25) is 4.79 Å². The fraction of sp³-hybridized carbons (Fsp3) is 0.176. The molecule has 0 radical (unpaired) electrons. The number of anilines is 1. The number of halogens is 3. The second kappa shape index (κ2) is 6.95.